The lowest BCUT2D eigenvalue weighted by molar-refractivity contribution is 0.249. The molecule has 128 valence electrons. The molecule has 3 nitrogen and oxygen atoms in total. The number of anilines is 1. The summed E-state index contributed by atoms with van der Waals surface area (Å²) in [7, 11) is 0. The molecule has 2 aromatic carbocycles. The lowest BCUT2D eigenvalue weighted by Gasteiger charge is -2.36. The van der Waals surface area contributed by atoms with Crippen molar-refractivity contribution in [3.8, 4) is 0 Å². The van der Waals surface area contributed by atoms with E-state index in [1.54, 1.807) is 0 Å². The molecule has 0 atom stereocenters. The van der Waals surface area contributed by atoms with Gasteiger partial charge in [0.15, 0.2) is 0 Å². The van der Waals surface area contributed by atoms with Gasteiger partial charge in [0.05, 0.1) is 17.4 Å². The van der Waals surface area contributed by atoms with Gasteiger partial charge in [-0.1, -0.05) is 18.2 Å². The molecule has 0 amide bonds. The molecule has 25 heavy (non-hydrogen) atoms. The standard InChI is InChI=1S/C20H19F2N3/c21-17-9-15(10-18(22)12-17)14-24-5-7-25(8-6-24)19-11-16-3-1-2-4-20(16)23-13-19/h1-4,9-13H,5-8,14H2. The molecule has 1 fully saturated rings. The fraction of sp³-hybridized carbons (Fsp3) is 0.250. The molecule has 0 spiro atoms. The van der Waals surface area contributed by atoms with Gasteiger partial charge in [-0.2, -0.15) is 0 Å². The molecule has 4 rings (SSSR count). The van der Waals surface area contributed by atoms with Gasteiger partial charge in [-0.15, -0.1) is 0 Å². The van der Waals surface area contributed by atoms with Crippen LogP contribution in [0.25, 0.3) is 10.9 Å². The van der Waals surface area contributed by atoms with Crippen LogP contribution in [0.3, 0.4) is 0 Å². The molecule has 2 heterocycles. The minimum Gasteiger partial charge on any atom is -0.368 e. The van der Waals surface area contributed by atoms with E-state index in [-0.39, 0.29) is 0 Å². The van der Waals surface area contributed by atoms with E-state index in [2.05, 4.69) is 26.9 Å². The van der Waals surface area contributed by atoms with Crippen molar-refractivity contribution in [1.82, 2.24) is 9.88 Å². The maximum Gasteiger partial charge on any atom is 0.126 e. The van der Waals surface area contributed by atoms with Crippen LogP contribution in [-0.4, -0.2) is 36.1 Å². The predicted molar refractivity (Wildman–Crippen MR) is 95.6 cm³/mol. The van der Waals surface area contributed by atoms with Crippen molar-refractivity contribution >= 4 is 16.6 Å². The van der Waals surface area contributed by atoms with Gasteiger partial charge < -0.3 is 4.90 Å². The zero-order valence-corrected chi connectivity index (χ0v) is 13.8. The Balaban J connectivity index is 1.42. The van der Waals surface area contributed by atoms with E-state index < -0.39 is 11.6 Å². The summed E-state index contributed by atoms with van der Waals surface area (Å²) in [5, 5.41) is 1.14. The number of para-hydroxylation sites is 1. The number of fused-ring (bicyclic) bond motifs is 1. The molecular weight excluding hydrogens is 320 g/mol. The van der Waals surface area contributed by atoms with Gasteiger partial charge in [-0.25, -0.2) is 8.78 Å². The van der Waals surface area contributed by atoms with Crippen LogP contribution in [0.4, 0.5) is 14.5 Å². The van der Waals surface area contributed by atoms with Crippen molar-refractivity contribution in [2.24, 2.45) is 0 Å². The third-order valence-corrected chi connectivity index (χ3v) is 4.64. The summed E-state index contributed by atoms with van der Waals surface area (Å²) < 4.78 is 26.6. The van der Waals surface area contributed by atoms with E-state index in [9.17, 15) is 8.78 Å². The van der Waals surface area contributed by atoms with E-state index >= 15 is 0 Å². The molecule has 3 aromatic rings. The second kappa shape index (κ2) is 6.76. The summed E-state index contributed by atoms with van der Waals surface area (Å²) in [4.78, 5) is 9.05. The first-order chi connectivity index (χ1) is 12.2. The van der Waals surface area contributed by atoms with Gasteiger partial charge in [-0.3, -0.25) is 9.88 Å². The second-order valence-electron chi connectivity index (χ2n) is 6.43. The number of aromatic nitrogens is 1. The van der Waals surface area contributed by atoms with E-state index in [1.165, 1.54) is 12.1 Å². The molecule has 0 aliphatic carbocycles. The smallest absolute Gasteiger partial charge is 0.126 e. The topological polar surface area (TPSA) is 19.4 Å². The zero-order chi connectivity index (χ0) is 17.2. The third-order valence-electron chi connectivity index (χ3n) is 4.64. The first-order valence-electron chi connectivity index (χ1n) is 8.44. The predicted octanol–water partition coefficient (Wildman–Crippen LogP) is 3.84. The van der Waals surface area contributed by atoms with Crippen molar-refractivity contribution < 1.29 is 8.78 Å². The second-order valence-corrected chi connectivity index (χ2v) is 6.43. The summed E-state index contributed by atoms with van der Waals surface area (Å²) in [6.07, 6.45) is 1.92. The molecule has 1 aromatic heterocycles. The largest absolute Gasteiger partial charge is 0.368 e. The number of hydrogen-bond donors (Lipinski definition) is 0. The van der Waals surface area contributed by atoms with Gasteiger partial charge in [0, 0.05) is 44.2 Å². The quantitative estimate of drug-likeness (QED) is 0.723. The third kappa shape index (κ3) is 3.61. The van der Waals surface area contributed by atoms with Gasteiger partial charge in [0.25, 0.3) is 0 Å². The molecule has 0 saturated carbocycles. The van der Waals surface area contributed by atoms with Gasteiger partial charge >= 0.3 is 0 Å². The summed E-state index contributed by atoms with van der Waals surface area (Å²) in [6, 6.07) is 14.0. The van der Waals surface area contributed by atoms with Crippen molar-refractivity contribution in [2.75, 3.05) is 31.1 Å². The Bertz CT molecular complexity index is 869. The van der Waals surface area contributed by atoms with Crippen molar-refractivity contribution in [2.45, 2.75) is 6.54 Å². The molecule has 1 aliphatic heterocycles. The average molecular weight is 339 g/mol. The molecule has 0 bridgehead atoms. The number of nitrogens with zero attached hydrogens (tertiary/aromatic N) is 3. The normalized spacial score (nSPS) is 15.7. The van der Waals surface area contributed by atoms with Crippen LogP contribution >= 0.6 is 0 Å². The van der Waals surface area contributed by atoms with Crippen molar-refractivity contribution in [3.63, 3.8) is 0 Å². The number of halogens is 2. The van der Waals surface area contributed by atoms with Crippen LogP contribution in [0.1, 0.15) is 5.56 Å². The molecule has 5 heteroatoms. The number of benzene rings is 2. The Morgan fingerprint density at radius 3 is 2.36 bits per heavy atom. The monoisotopic (exact) mass is 339 g/mol. The Morgan fingerprint density at radius 2 is 1.60 bits per heavy atom. The van der Waals surface area contributed by atoms with E-state index in [4.69, 9.17) is 0 Å². The summed E-state index contributed by atoms with van der Waals surface area (Å²) in [6.45, 7) is 4.02. The lowest BCUT2D eigenvalue weighted by atomic mass is 10.1. The molecule has 0 N–H and O–H groups in total. The number of hydrogen-bond acceptors (Lipinski definition) is 3. The molecule has 1 aliphatic rings. The fourth-order valence-corrected chi connectivity index (χ4v) is 3.36. The number of piperazine rings is 1. The lowest BCUT2D eigenvalue weighted by Crippen LogP contribution is -2.46. The minimum absolute atomic E-state index is 0.518. The minimum atomic E-state index is -0.518. The summed E-state index contributed by atoms with van der Waals surface area (Å²) in [5.41, 5.74) is 2.80. The Morgan fingerprint density at radius 1 is 0.880 bits per heavy atom. The highest BCUT2D eigenvalue weighted by Crippen LogP contribution is 2.21. The van der Waals surface area contributed by atoms with E-state index in [1.807, 2.05) is 24.4 Å². The first kappa shape index (κ1) is 16.0. The highest BCUT2D eigenvalue weighted by atomic mass is 19.1. The van der Waals surface area contributed by atoms with Crippen LogP contribution in [0.2, 0.25) is 0 Å². The molecule has 1 saturated heterocycles. The molecule has 0 unspecified atom stereocenters. The zero-order valence-electron chi connectivity index (χ0n) is 13.8. The SMILES string of the molecule is Fc1cc(F)cc(CN2CCN(c3cnc4ccccc4c3)CC2)c1. The van der Waals surface area contributed by atoms with Crippen LogP contribution in [0.5, 0.6) is 0 Å². The van der Waals surface area contributed by atoms with Crippen molar-refractivity contribution in [3.05, 3.63) is 71.9 Å². The average Bonchev–Trinajstić information content (AvgIpc) is 2.61. The summed E-state index contributed by atoms with van der Waals surface area (Å²) >= 11 is 0. The first-order valence-corrected chi connectivity index (χ1v) is 8.44. The maximum atomic E-state index is 13.3. The van der Waals surface area contributed by atoms with Crippen LogP contribution in [0.15, 0.2) is 54.7 Å². The maximum absolute atomic E-state index is 13.3. The van der Waals surface area contributed by atoms with Gasteiger partial charge in [0.1, 0.15) is 11.6 Å². The number of pyridine rings is 1. The Kier molecular flexibility index (Phi) is 4.32. The fourth-order valence-electron chi connectivity index (χ4n) is 3.36. The summed E-state index contributed by atoms with van der Waals surface area (Å²) in [5.74, 6) is -1.04. The van der Waals surface area contributed by atoms with Crippen LogP contribution in [-0.2, 0) is 6.54 Å². The molecular formula is C20H19F2N3. The van der Waals surface area contributed by atoms with Gasteiger partial charge in [0.2, 0.25) is 0 Å². The highest BCUT2D eigenvalue weighted by Gasteiger charge is 2.18. The van der Waals surface area contributed by atoms with E-state index in [0.29, 0.717) is 12.1 Å². The van der Waals surface area contributed by atoms with Crippen molar-refractivity contribution in [1.29, 1.82) is 0 Å². The number of rotatable bonds is 3. The van der Waals surface area contributed by atoms with Crippen LogP contribution in [0, 0.1) is 11.6 Å². The molecule has 0 radical (unpaired) electrons. The Hall–Kier alpha value is -2.53. The highest BCUT2D eigenvalue weighted by molar-refractivity contribution is 5.81. The van der Waals surface area contributed by atoms with Gasteiger partial charge in [-0.05, 0) is 29.8 Å². The Labute approximate surface area is 145 Å². The van der Waals surface area contributed by atoms with Crippen LogP contribution < -0.4 is 4.90 Å². The van der Waals surface area contributed by atoms with E-state index in [0.717, 1.165) is 48.8 Å².